The maximum absolute atomic E-state index is 12.0. The molecule has 2 aromatic rings. The topological polar surface area (TPSA) is 52.3 Å². The first kappa shape index (κ1) is 14.2. The highest BCUT2D eigenvalue weighted by molar-refractivity contribution is 7.98. The Balaban J connectivity index is 1.95. The average Bonchev–Trinajstić information content (AvgIpc) is 3.26. The number of aromatic nitrogens is 1. The number of nitrogens with zero attached hydrogens (tertiary/aromatic N) is 1. The lowest BCUT2D eigenvalue weighted by molar-refractivity contribution is 0.0489. The van der Waals surface area contributed by atoms with Gasteiger partial charge in [0.25, 0.3) is 0 Å². The van der Waals surface area contributed by atoms with Gasteiger partial charge in [0.1, 0.15) is 0 Å². The molecule has 1 aromatic heterocycles. The number of benzene rings is 1. The van der Waals surface area contributed by atoms with Crippen molar-refractivity contribution in [2.75, 3.05) is 12.9 Å². The van der Waals surface area contributed by atoms with Crippen LogP contribution in [-0.4, -0.2) is 23.8 Å². The second-order valence-corrected chi connectivity index (χ2v) is 5.84. The molecule has 0 spiro atoms. The molecule has 3 rings (SSSR count). The summed E-state index contributed by atoms with van der Waals surface area (Å²) in [5.74, 6) is 0.683. The first-order chi connectivity index (χ1) is 10.2. The van der Waals surface area contributed by atoms with E-state index in [2.05, 4.69) is 4.98 Å². The summed E-state index contributed by atoms with van der Waals surface area (Å²) in [5.41, 5.74) is 1.63. The second-order valence-electron chi connectivity index (χ2n) is 4.96. The van der Waals surface area contributed by atoms with E-state index < -0.39 is 5.97 Å². The summed E-state index contributed by atoms with van der Waals surface area (Å²) in [6.07, 6.45) is 4.15. The predicted octanol–water partition coefficient (Wildman–Crippen LogP) is 4.12. The summed E-state index contributed by atoms with van der Waals surface area (Å²) in [5, 5.41) is 0. The van der Waals surface area contributed by atoms with Crippen LogP contribution in [0, 0.1) is 0 Å². The van der Waals surface area contributed by atoms with Crippen LogP contribution in [0.15, 0.2) is 33.6 Å². The third-order valence-corrected chi connectivity index (χ3v) is 4.16. The molecule has 0 unspecified atom stereocenters. The van der Waals surface area contributed by atoms with E-state index in [1.54, 1.807) is 18.7 Å². The van der Waals surface area contributed by atoms with Crippen LogP contribution in [0.3, 0.4) is 0 Å². The van der Waals surface area contributed by atoms with Crippen molar-refractivity contribution in [3.8, 4) is 11.5 Å². The van der Waals surface area contributed by atoms with E-state index in [1.807, 2.05) is 30.5 Å². The van der Waals surface area contributed by atoms with Crippen LogP contribution in [0.5, 0.6) is 0 Å². The van der Waals surface area contributed by atoms with Gasteiger partial charge in [0.15, 0.2) is 0 Å². The summed E-state index contributed by atoms with van der Waals surface area (Å²) in [4.78, 5) is 17.7. The summed E-state index contributed by atoms with van der Waals surface area (Å²) in [6.45, 7) is 2.12. The van der Waals surface area contributed by atoms with E-state index in [-0.39, 0.29) is 5.76 Å². The highest BCUT2D eigenvalue weighted by Crippen LogP contribution is 2.42. The Hall–Kier alpha value is -1.75. The monoisotopic (exact) mass is 303 g/mol. The Morgan fingerprint density at radius 3 is 2.67 bits per heavy atom. The first-order valence-electron chi connectivity index (χ1n) is 7.05. The van der Waals surface area contributed by atoms with Crippen molar-refractivity contribution in [1.82, 2.24) is 4.98 Å². The van der Waals surface area contributed by atoms with E-state index in [9.17, 15) is 4.79 Å². The van der Waals surface area contributed by atoms with Gasteiger partial charge in [0.05, 0.1) is 12.3 Å². The minimum atomic E-state index is -0.418. The van der Waals surface area contributed by atoms with Gasteiger partial charge in [0.2, 0.25) is 11.7 Å². The number of ether oxygens (including phenoxy) is 1. The van der Waals surface area contributed by atoms with E-state index in [4.69, 9.17) is 9.15 Å². The Morgan fingerprint density at radius 2 is 2.10 bits per heavy atom. The molecule has 0 saturated heterocycles. The van der Waals surface area contributed by atoms with E-state index in [0.29, 0.717) is 18.4 Å². The maximum atomic E-state index is 12.0. The van der Waals surface area contributed by atoms with E-state index in [1.165, 1.54) is 4.90 Å². The zero-order valence-electron chi connectivity index (χ0n) is 12.1. The third kappa shape index (κ3) is 2.97. The maximum Gasteiger partial charge on any atom is 0.376 e. The van der Waals surface area contributed by atoms with Crippen molar-refractivity contribution in [1.29, 1.82) is 0 Å². The molecule has 21 heavy (non-hydrogen) atoms. The quantitative estimate of drug-likeness (QED) is 0.614. The molecule has 0 N–H and O–H groups in total. The highest BCUT2D eigenvalue weighted by Gasteiger charge is 2.34. The molecule has 4 nitrogen and oxygen atoms in total. The van der Waals surface area contributed by atoms with Crippen LogP contribution in [0.4, 0.5) is 0 Å². The summed E-state index contributed by atoms with van der Waals surface area (Å²) >= 11 is 1.68. The van der Waals surface area contributed by atoms with Gasteiger partial charge in [-0.3, -0.25) is 0 Å². The first-order valence-corrected chi connectivity index (χ1v) is 8.27. The normalized spacial score (nSPS) is 14.2. The number of esters is 1. The van der Waals surface area contributed by atoms with Crippen molar-refractivity contribution in [3.63, 3.8) is 0 Å². The summed E-state index contributed by atoms with van der Waals surface area (Å²) < 4.78 is 10.8. The van der Waals surface area contributed by atoms with Gasteiger partial charge in [-0.25, -0.2) is 9.78 Å². The van der Waals surface area contributed by atoms with Gasteiger partial charge >= 0.3 is 5.97 Å². The van der Waals surface area contributed by atoms with Crippen molar-refractivity contribution in [2.45, 2.75) is 30.6 Å². The molecule has 1 saturated carbocycles. The number of oxazole rings is 1. The number of thioether (sulfide) groups is 1. The van der Waals surface area contributed by atoms with Crippen molar-refractivity contribution >= 4 is 17.7 Å². The summed E-state index contributed by atoms with van der Waals surface area (Å²) in [7, 11) is 0. The molecular formula is C16H17NO3S. The van der Waals surface area contributed by atoms with Crippen LogP contribution in [0.2, 0.25) is 0 Å². The molecule has 1 heterocycles. The molecule has 1 aromatic carbocycles. The standard InChI is InChI=1S/C16H17NO3S/c1-3-19-16(18)14-13(10-4-5-10)17-15(20-14)11-6-8-12(21-2)9-7-11/h6-10H,3-5H2,1-2H3. The molecule has 1 fully saturated rings. The van der Waals surface area contributed by atoms with Gasteiger partial charge in [-0.15, -0.1) is 11.8 Å². The largest absolute Gasteiger partial charge is 0.460 e. The number of carbonyl (C=O) groups is 1. The number of hydrogen-bond acceptors (Lipinski definition) is 5. The SMILES string of the molecule is CCOC(=O)c1oc(-c2ccc(SC)cc2)nc1C1CC1. The Bertz CT molecular complexity index is 644. The molecular weight excluding hydrogens is 286 g/mol. The van der Waals surface area contributed by atoms with Crippen molar-refractivity contribution in [3.05, 3.63) is 35.7 Å². The van der Waals surface area contributed by atoms with Crippen molar-refractivity contribution < 1.29 is 13.9 Å². The molecule has 0 amide bonds. The minimum absolute atomic E-state index is 0.267. The molecule has 0 atom stereocenters. The molecule has 0 radical (unpaired) electrons. The molecule has 1 aliphatic carbocycles. The van der Waals surface area contributed by atoms with Crippen molar-refractivity contribution in [2.24, 2.45) is 0 Å². The van der Waals surface area contributed by atoms with E-state index in [0.717, 1.165) is 24.1 Å². The summed E-state index contributed by atoms with van der Waals surface area (Å²) in [6, 6.07) is 7.96. The van der Waals surface area contributed by atoms with Crippen LogP contribution in [-0.2, 0) is 4.74 Å². The smallest absolute Gasteiger partial charge is 0.376 e. The third-order valence-electron chi connectivity index (χ3n) is 3.42. The lowest BCUT2D eigenvalue weighted by Crippen LogP contribution is -2.05. The minimum Gasteiger partial charge on any atom is -0.460 e. The fourth-order valence-electron chi connectivity index (χ4n) is 2.17. The Morgan fingerprint density at radius 1 is 1.38 bits per heavy atom. The van der Waals surface area contributed by atoms with Crippen LogP contribution in [0.1, 0.15) is 41.9 Å². The molecule has 5 heteroatoms. The van der Waals surface area contributed by atoms with Crippen LogP contribution < -0.4 is 0 Å². The van der Waals surface area contributed by atoms with E-state index >= 15 is 0 Å². The molecule has 1 aliphatic rings. The Kier molecular flexibility index (Phi) is 4.01. The number of carbonyl (C=O) groups excluding carboxylic acids is 1. The zero-order chi connectivity index (χ0) is 14.8. The van der Waals surface area contributed by atoms with Gasteiger partial charge in [-0.05, 0) is 50.3 Å². The second kappa shape index (κ2) is 5.93. The van der Waals surface area contributed by atoms with Gasteiger partial charge in [-0.2, -0.15) is 0 Å². The molecule has 110 valence electrons. The fraction of sp³-hybridized carbons (Fsp3) is 0.375. The average molecular weight is 303 g/mol. The molecule has 0 bridgehead atoms. The van der Waals surface area contributed by atoms with Gasteiger partial charge in [0, 0.05) is 16.4 Å². The Labute approximate surface area is 127 Å². The zero-order valence-corrected chi connectivity index (χ0v) is 12.9. The fourth-order valence-corrected chi connectivity index (χ4v) is 2.57. The van der Waals surface area contributed by atoms with Crippen LogP contribution in [0.25, 0.3) is 11.5 Å². The lowest BCUT2D eigenvalue weighted by Gasteiger charge is -1.99. The highest BCUT2D eigenvalue weighted by atomic mass is 32.2. The van der Waals surface area contributed by atoms with Gasteiger partial charge in [-0.1, -0.05) is 0 Å². The molecule has 0 aliphatic heterocycles. The van der Waals surface area contributed by atoms with Gasteiger partial charge < -0.3 is 9.15 Å². The predicted molar refractivity (Wildman–Crippen MR) is 81.7 cm³/mol. The number of rotatable bonds is 5. The number of hydrogen-bond donors (Lipinski definition) is 0. The van der Waals surface area contributed by atoms with Crippen LogP contribution >= 0.6 is 11.8 Å². The lowest BCUT2D eigenvalue weighted by atomic mass is 10.2.